The summed E-state index contributed by atoms with van der Waals surface area (Å²) in [5.74, 6) is -1.53. The number of hydrogen-bond acceptors (Lipinski definition) is 5. The van der Waals surface area contributed by atoms with Crippen molar-refractivity contribution < 1.29 is 29.0 Å². The molecule has 1 aliphatic carbocycles. The molecule has 1 saturated heterocycles. The number of rotatable bonds is 8. The monoisotopic (exact) mass is 452 g/mol. The second kappa shape index (κ2) is 10.0. The lowest BCUT2D eigenvalue weighted by Gasteiger charge is -2.21. The maximum absolute atomic E-state index is 12.5. The summed E-state index contributed by atoms with van der Waals surface area (Å²) in [6, 6.07) is 15.7. The maximum atomic E-state index is 12.5. The van der Waals surface area contributed by atoms with E-state index >= 15 is 0 Å². The fourth-order valence-electron chi connectivity index (χ4n) is 4.53. The second-order valence-electron chi connectivity index (χ2n) is 8.60. The third kappa shape index (κ3) is 5.17. The van der Waals surface area contributed by atoms with Crippen LogP contribution in [0.3, 0.4) is 0 Å². The summed E-state index contributed by atoms with van der Waals surface area (Å²) in [5, 5.41) is 14.3. The highest BCUT2D eigenvalue weighted by atomic mass is 16.6. The number of carbonyl (C=O) groups excluding carboxylic acids is 2. The van der Waals surface area contributed by atoms with Crippen molar-refractivity contribution in [1.29, 1.82) is 0 Å². The number of amides is 2. The molecule has 2 aliphatic rings. The summed E-state index contributed by atoms with van der Waals surface area (Å²) in [6.07, 6.45) is -0.966. The first-order valence-electron chi connectivity index (χ1n) is 11.2. The Morgan fingerprint density at radius 3 is 2.36 bits per heavy atom. The van der Waals surface area contributed by atoms with Crippen LogP contribution in [0.1, 0.15) is 36.8 Å². The topological polar surface area (TPSA) is 114 Å². The molecule has 2 amide bonds. The molecule has 8 heteroatoms. The molecule has 0 aromatic heterocycles. The molecule has 2 aromatic rings. The van der Waals surface area contributed by atoms with E-state index in [1.165, 1.54) is 0 Å². The van der Waals surface area contributed by atoms with Crippen LogP contribution in [0.4, 0.5) is 4.79 Å². The fraction of sp³-hybridized carbons (Fsp3) is 0.400. The van der Waals surface area contributed by atoms with Gasteiger partial charge in [-0.25, -0.2) is 4.79 Å². The highest BCUT2D eigenvalue weighted by molar-refractivity contribution is 5.83. The van der Waals surface area contributed by atoms with Gasteiger partial charge in [0.15, 0.2) is 6.10 Å². The Morgan fingerprint density at radius 2 is 1.73 bits per heavy atom. The lowest BCUT2D eigenvalue weighted by Crippen LogP contribution is -2.49. The van der Waals surface area contributed by atoms with Gasteiger partial charge < -0.3 is 25.2 Å². The van der Waals surface area contributed by atoms with Crippen molar-refractivity contribution in [3.8, 4) is 11.1 Å². The zero-order chi connectivity index (χ0) is 23.4. The van der Waals surface area contributed by atoms with Gasteiger partial charge in [0.05, 0.1) is 6.04 Å². The number of ether oxygens (including phenoxy) is 2. The van der Waals surface area contributed by atoms with E-state index in [1.807, 2.05) is 24.3 Å². The first kappa shape index (κ1) is 22.8. The zero-order valence-electron chi connectivity index (χ0n) is 18.5. The molecule has 1 aliphatic heterocycles. The van der Waals surface area contributed by atoms with Crippen LogP contribution in [0.2, 0.25) is 0 Å². The van der Waals surface area contributed by atoms with Crippen molar-refractivity contribution in [3.05, 3.63) is 59.7 Å². The van der Waals surface area contributed by atoms with E-state index < -0.39 is 24.2 Å². The molecular weight excluding hydrogens is 424 g/mol. The van der Waals surface area contributed by atoms with Gasteiger partial charge in [-0.3, -0.25) is 9.59 Å². The fourth-order valence-corrected chi connectivity index (χ4v) is 4.53. The Balaban J connectivity index is 1.32. The summed E-state index contributed by atoms with van der Waals surface area (Å²) in [6.45, 7) is 2.51. The van der Waals surface area contributed by atoms with Gasteiger partial charge in [-0.1, -0.05) is 55.5 Å². The van der Waals surface area contributed by atoms with Gasteiger partial charge in [0, 0.05) is 25.5 Å². The third-order valence-corrected chi connectivity index (χ3v) is 6.14. The normalized spacial score (nSPS) is 19.9. The molecule has 1 fully saturated rings. The van der Waals surface area contributed by atoms with E-state index in [1.54, 1.807) is 6.92 Å². The van der Waals surface area contributed by atoms with Crippen LogP contribution in [-0.2, 0) is 19.1 Å². The van der Waals surface area contributed by atoms with Crippen LogP contribution in [-0.4, -0.2) is 55.0 Å². The van der Waals surface area contributed by atoms with Crippen LogP contribution in [0.25, 0.3) is 11.1 Å². The van der Waals surface area contributed by atoms with Gasteiger partial charge in [-0.2, -0.15) is 0 Å². The highest BCUT2D eigenvalue weighted by Crippen LogP contribution is 2.44. The summed E-state index contributed by atoms with van der Waals surface area (Å²) in [7, 11) is 0. The van der Waals surface area contributed by atoms with Gasteiger partial charge in [0.25, 0.3) is 5.91 Å². The minimum Gasteiger partial charge on any atom is -0.481 e. The van der Waals surface area contributed by atoms with Crippen molar-refractivity contribution in [2.24, 2.45) is 5.92 Å². The second-order valence-corrected chi connectivity index (χ2v) is 8.60. The highest BCUT2D eigenvalue weighted by Gasteiger charge is 2.36. The number of nitrogens with one attached hydrogen (secondary N) is 2. The Morgan fingerprint density at radius 1 is 1.09 bits per heavy atom. The number of benzene rings is 2. The van der Waals surface area contributed by atoms with E-state index in [9.17, 15) is 14.4 Å². The molecule has 0 bridgehead atoms. The summed E-state index contributed by atoms with van der Waals surface area (Å²) < 4.78 is 11.1. The van der Waals surface area contributed by atoms with E-state index in [4.69, 9.17) is 14.6 Å². The van der Waals surface area contributed by atoms with Gasteiger partial charge >= 0.3 is 12.1 Å². The smallest absolute Gasteiger partial charge is 0.407 e. The summed E-state index contributed by atoms with van der Waals surface area (Å²) >= 11 is 0. The average molecular weight is 453 g/mol. The first-order chi connectivity index (χ1) is 15.9. The van der Waals surface area contributed by atoms with Crippen molar-refractivity contribution in [2.45, 2.75) is 37.8 Å². The molecular formula is C25H28N2O6. The molecule has 174 valence electrons. The number of carbonyl (C=O) groups is 3. The number of alkyl carbamates (subject to hydrolysis) is 1. The molecule has 1 heterocycles. The Labute approximate surface area is 192 Å². The lowest BCUT2D eigenvalue weighted by atomic mass is 9.98. The summed E-state index contributed by atoms with van der Waals surface area (Å²) in [4.78, 5) is 35.8. The molecule has 0 saturated carbocycles. The molecule has 4 rings (SSSR count). The summed E-state index contributed by atoms with van der Waals surface area (Å²) in [5.41, 5.74) is 4.56. The van der Waals surface area contributed by atoms with Crippen molar-refractivity contribution in [2.75, 3.05) is 19.8 Å². The minimum atomic E-state index is -0.913. The van der Waals surface area contributed by atoms with E-state index in [-0.39, 0.29) is 37.3 Å². The third-order valence-electron chi connectivity index (χ3n) is 6.14. The van der Waals surface area contributed by atoms with Crippen molar-refractivity contribution >= 4 is 18.0 Å². The first-order valence-corrected chi connectivity index (χ1v) is 11.2. The molecule has 8 nitrogen and oxygen atoms in total. The number of aliphatic carboxylic acids is 1. The number of hydrogen-bond donors (Lipinski definition) is 3. The van der Waals surface area contributed by atoms with Crippen LogP contribution in [0.5, 0.6) is 0 Å². The quantitative estimate of drug-likeness (QED) is 0.568. The molecule has 3 N–H and O–H groups in total. The zero-order valence-corrected chi connectivity index (χ0v) is 18.5. The molecule has 3 atom stereocenters. The predicted molar refractivity (Wildman–Crippen MR) is 121 cm³/mol. The number of carboxylic acids is 1. The maximum Gasteiger partial charge on any atom is 0.407 e. The number of carboxylic acid groups (broad SMARTS) is 1. The Hall–Kier alpha value is -3.39. The van der Waals surface area contributed by atoms with Gasteiger partial charge in [0.1, 0.15) is 6.61 Å². The molecule has 33 heavy (non-hydrogen) atoms. The average Bonchev–Trinajstić information content (AvgIpc) is 3.38. The predicted octanol–water partition coefficient (Wildman–Crippen LogP) is 2.91. The van der Waals surface area contributed by atoms with E-state index in [2.05, 4.69) is 34.9 Å². The Bertz CT molecular complexity index is 994. The van der Waals surface area contributed by atoms with Crippen LogP contribution in [0, 0.1) is 5.92 Å². The van der Waals surface area contributed by atoms with Crippen molar-refractivity contribution in [3.63, 3.8) is 0 Å². The molecule has 2 aromatic carbocycles. The Kier molecular flexibility index (Phi) is 6.93. The largest absolute Gasteiger partial charge is 0.481 e. The minimum absolute atomic E-state index is 0.0345. The van der Waals surface area contributed by atoms with E-state index in [0.717, 1.165) is 22.3 Å². The van der Waals surface area contributed by atoms with Gasteiger partial charge in [-0.05, 0) is 34.6 Å². The van der Waals surface area contributed by atoms with Crippen LogP contribution < -0.4 is 10.6 Å². The molecule has 1 unspecified atom stereocenters. The van der Waals surface area contributed by atoms with Crippen LogP contribution >= 0.6 is 0 Å². The van der Waals surface area contributed by atoms with Crippen LogP contribution in [0.15, 0.2) is 48.5 Å². The van der Waals surface area contributed by atoms with Crippen molar-refractivity contribution in [1.82, 2.24) is 10.6 Å². The number of fused-ring (bicyclic) bond motifs is 3. The van der Waals surface area contributed by atoms with Gasteiger partial charge in [0.2, 0.25) is 0 Å². The standard InChI is InChI=1S/C25H28N2O6/c1-15(12-22(28)29)13-26-24(30)23-21(10-11-32-23)27-25(31)33-14-20-18-8-4-2-6-16(18)17-7-3-5-9-19(17)20/h2-9,15,20-21,23H,10-14H2,1H3,(H,26,30)(H,27,31)(H,28,29)/t15?,21-,23+/m1/s1. The SMILES string of the molecule is CC(CNC(=O)[C@H]1OCC[C@H]1NC(=O)OCC1c2ccccc2-c2ccccc21)CC(=O)O. The lowest BCUT2D eigenvalue weighted by molar-refractivity contribution is -0.138. The van der Waals surface area contributed by atoms with E-state index in [0.29, 0.717) is 13.0 Å². The molecule has 0 spiro atoms. The molecule has 0 radical (unpaired) electrons. The van der Waals surface area contributed by atoms with Gasteiger partial charge in [-0.15, -0.1) is 0 Å².